The van der Waals surface area contributed by atoms with Crippen LogP contribution in [0.5, 0.6) is 0 Å². The molecule has 0 aliphatic carbocycles. The van der Waals surface area contributed by atoms with E-state index < -0.39 is 0 Å². The highest BCUT2D eigenvalue weighted by molar-refractivity contribution is 5.21. The van der Waals surface area contributed by atoms with Gasteiger partial charge in [0.05, 0.1) is 6.04 Å². The highest BCUT2D eigenvalue weighted by Crippen LogP contribution is 2.08. The molecule has 0 aliphatic heterocycles. The van der Waals surface area contributed by atoms with Gasteiger partial charge in [0.25, 0.3) is 0 Å². The first-order valence-corrected chi connectivity index (χ1v) is 6.39. The van der Waals surface area contributed by atoms with Crippen molar-refractivity contribution in [2.24, 2.45) is 5.73 Å². The molecule has 4 N–H and O–H groups in total. The van der Waals surface area contributed by atoms with Crippen molar-refractivity contribution in [2.75, 3.05) is 13.1 Å². The van der Waals surface area contributed by atoms with E-state index in [1.165, 1.54) is 5.56 Å². The van der Waals surface area contributed by atoms with Crippen LogP contribution in [0.25, 0.3) is 0 Å². The molecular weight excluding hydrogens is 234 g/mol. The minimum absolute atomic E-state index is 0.0680. The van der Waals surface area contributed by atoms with Gasteiger partial charge in [0.15, 0.2) is 0 Å². The molecule has 0 radical (unpaired) electrons. The van der Waals surface area contributed by atoms with Crippen LogP contribution in [0.2, 0.25) is 0 Å². The van der Waals surface area contributed by atoms with Crippen molar-refractivity contribution in [3.8, 4) is 0 Å². The predicted octanol–water partition coefficient (Wildman–Crippen LogP) is 1.95. The lowest BCUT2D eigenvalue weighted by Gasteiger charge is -2.24. The molecular formula is C16H23N3. The molecule has 1 aromatic carbocycles. The van der Waals surface area contributed by atoms with E-state index in [1.54, 1.807) is 0 Å². The second-order valence-electron chi connectivity index (χ2n) is 4.39. The summed E-state index contributed by atoms with van der Waals surface area (Å²) in [5, 5.41) is 6.53. The molecule has 1 rings (SSSR count). The van der Waals surface area contributed by atoms with E-state index in [0.717, 1.165) is 17.8 Å². The fourth-order valence-corrected chi connectivity index (χ4v) is 1.74. The van der Waals surface area contributed by atoms with Gasteiger partial charge in [-0.2, -0.15) is 0 Å². The molecule has 1 aromatic rings. The van der Waals surface area contributed by atoms with E-state index in [1.807, 2.05) is 24.3 Å². The molecule has 0 heterocycles. The zero-order valence-electron chi connectivity index (χ0n) is 11.4. The molecule has 0 aliphatic rings. The van der Waals surface area contributed by atoms with Crippen LogP contribution in [-0.2, 0) is 6.42 Å². The summed E-state index contributed by atoms with van der Waals surface area (Å²) in [5.41, 5.74) is 8.55. The Morgan fingerprint density at radius 1 is 1.26 bits per heavy atom. The molecule has 3 heteroatoms. The fraction of sp³-hybridized carbons (Fsp3) is 0.250. The topological polar surface area (TPSA) is 50.1 Å². The van der Waals surface area contributed by atoms with Crippen molar-refractivity contribution >= 4 is 0 Å². The van der Waals surface area contributed by atoms with Crippen LogP contribution in [0.1, 0.15) is 5.56 Å². The third-order valence-electron chi connectivity index (χ3n) is 2.80. The van der Waals surface area contributed by atoms with E-state index in [0.29, 0.717) is 13.1 Å². The number of nitrogens with one attached hydrogen (secondary N) is 2. The van der Waals surface area contributed by atoms with Crippen LogP contribution < -0.4 is 16.4 Å². The minimum atomic E-state index is 0.0680. The maximum atomic E-state index is 5.59. The first kappa shape index (κ1) is 15.1. The van der Waals surface area contributed by atoms with E-state index in [-0.39, 0.29) is 6.04 Å². The molecule has 1 unspecified atom stereocenters. The Morgan fingerprint density at radius 2 is 1.95 bits per heavy atom. The Balaban J connectivity index is 2.71. The van der Waals surface area contributed by atoms with Gasteiger partial charge in [-0.3, -0.25) is 0 Å². The standard InChI is InChI=1S/C16H23N3/c1-4-10-18-14(3)16(19-13(2)12-17)11-15-8-6-5-7-9-15/h4-9,16,18-19H,1-3,10-12,17H2. The van der Waals surface area contributed by atoms with E-state index in [9.17, 15) is 0 Å². The SMILES string of the molecule is C=CCNC(=C)C(Cc1ccccc1)NC(=C)CN. The van der Waals surface area contributed by atoms with E-state index in [2.05, 4.69) is 42.5 Å². The first-order valence-electron chi connectivity index (χ1n) is 6.39. The summed E-state index contributed by atoms with van der Waals surface area (Å²) < 4.78 is 0. The lowest BCUT2D eigenvalue weighted by molar-refractivity contribution is 0.591. The minimum Gasteiger partial charge on any atom is -0.384 e. The molecule has 0 saturated carbocycles. The second-order valence-corrected chi connectivity index (χ2v) is 4.39. The summed E-state index contributed by atoms with van der Waals surface area (Å²) in [4.78, 5) is 0. The maximum absolute atomic E-state index is 5.59. The second kappa shape index (κ2) is 8.16. The lowest BCUT2D eigenvalue weighted by atomic mass is 10.0. The molecule has 0 aromatic heterocycles. The summed E-state index contributed by atoms with van der Waals surface area (Å²) in [5.74, 6) is 0. The number of benzene rings is 1. The van der Waals surface area contributed by atoms with Gasteiger partial charge in [0, 0.05) is 24.5 Å². The number of rotatable bonds is 9. The van der Waals surface area contributed by atoms with Crippen LogP contribution in [0, 0.1) is 0 Å². The Bertz CT molecular complexity index is 423. The van der Waals surface area contributed by atoms with Crippen molar-refractivity contribution in [3.63, 3.8) is 0 Å². The zero-order chi connectivity index (χ0) is 14.1. The summed E-state index contributed by atoms with van der Waals surface area (Å²) in [6.45, 7) is 12.8. The van der Waals surface area contributed by atoms with Crippen LogP contribution >= 0.6 is 0 Å². The van der Waals surface area contributed by atoms with Crippen LogP contribution in [0.15, 0.2) is 67.5 Å². The number of hydrogen-bond donors (Lipinski definition) is 3. The molecule has 0 bridgehead atoms. The van der Waals surface area contributed by atoms with Crippen LogP contribution in [-0.4, -0.2) is 19.1 Å². The van der Waals surface area contributed by atoms with Crippen molar-refractivity contribution < 1.29 is 0 Å². The average molecular weight is 257 g/mol. The molecule has 102 valence electrons. The molecule has 0 saturated heterocycles. The van der Waals surface area contributed by atoms with Crippen molar-refractivity contribution in [1.29, 1.82) is 0 Å². The summed E-state index contributed by atoms with van der Waals surface area (Å²) in [6.07, 6.45) is 2.64. The van der Waals surface area contributed by atoms with Gasteiger partial charge in [-0.15, -0.1) is 6.58 Å². The van der Waals surface area contributed by atoms with Gasteiger partial charge >= 0.3 is 0 Å². The van der Waals surface area contributed by atoms with Crippen molar-refractivity contribution in [2.45, 2.75) is 12.5 Å². The molecule has 0 spiro atoms. The lowest BCUT2D eigenvalue weighted by Crippen LogP contribution is -2.38. The van der Waals surface area contributed by atoms with Crippen molar-refractivity contribution in [1.82, 2.24) is 10.6 Å². The fourth-order valence-electron chi connectivity index (χ4n) is 1.74. The molecule has 19 heavy (non-hydrogen) atoms. The highest BCUT2D eigenvalue weighted by atomic mass is 15.0. The molecule has 3 nitrogen and oxygen atoms in total. The third kappa shape index (κ3) is 5.44. The third-order valence-corrected chi connectivity index (χ3v) is 2.80. The van der Waals surface area contributed by atoms with Crippen molar-refractivity contribution in [3.05, 3.63) is 73.1 Å². The van der Waals surface area contributed by atoms with Gasteiger partial charge < -0.3 is 16.4 Å². The first-order chi connectivity index (χ1) is 9.17. The van der Waals surface area contributed by atoms with Gasteiger partial charge in [0.2, 0.25) is 0 Å². The Kier molecular flexibility index (Phi) is 6.47. The molecule has 0 amide bonds. The maximum Gasteiger partial charge on any atom is 0.0691 e. The normalized spacial score (nSPS) is 11.4. The van der Waals surface area contributed by atoms with Gasteiger partial charge in [-0.25, -0.2) is 0 Å². The van der Waals surface area contributed by atoms with E-state index in [4.69, 9.17) is 5.73 Å². The number of nitrogens with two attached hydrogens (primary N) is 1. The summed E-state index contributed by atoms with van der Waals surface area (Å²) in [7, 11) is 0. The predicted molar refractivity (Wildman–Crippen MR) is 82.6 cm³/mol. The largest absolute Gasteiger partial charge is 0.384 e. The Hall–Kier alpha value is -2.00. The highest BCUT2D eigenvalue weighted by Gasteiger charge is 2.13. The summed E-state index contributed by atoms with van der Waals surface area (Å²) in [6, 6.07) is 10.3. The quantitative estimate of drug-likeness (QED) is 0.593. The smallest absolute Gasteiger partial charge is 0.0691 e. The molecule has 1 atom stereocenters. The Labute approximate surface area is 115 Å². The van der Waals surface area contributed by atoms with Crippen LogP contribution in [0.3, 0.4) is 0 Å². The zero-order valence-corrected chi connectivity index (χ0v) is 11.4. The Morgan fingerprint density at radius 3 is 2.53 bits per heavy atom. The van der Waals surface area contributed by atoms with E-state index >= 15 is 0 Å². The van der Waals surface area contributed by atoms with Crippen LogP contribution in [0.4, 0.5) is 0 Å². The van der Waals surface area contributed by atoms with Gasteiger partial charge in [0.1, 0.15) is 0 Å². The monoisotopic (exact) mass is 257 g/mol. The summed E-state index contributed by atoms with van der Waals surface area (Å²) >= 11 is 0. The number of hydrogen-bond acceptors (Lipinski definition) is 3. The average Bonchev–Trinajstić information content (AvgIpc) is 2.44. The van der Waals surface area contributed by atoms with Gasteiger partial charge in [-0.1, -0.05) is 49.6 Å². The van der Waals surface area contributed by atoms with Gasteiger partial charge in [-0.05, 0) is 12.0 Å². The molecule has 0 fully saturated rings.